The van der Waals surface area contributed by atoms with Crippen LogP contribution in [0, 0.1) is 6.92 Å². The normalized spacial score (nSPS) is 12.0. The second-order valence-electron chi connectivity index (χ2n) is 4.77. The van der Waals surface area contributed by atoms with E-state index in [2.05, 4.69) is 5.10 Å². The number of hydrogen-bond donors (Lipinski definition) is 1. The van der Waals surface area contributed by atoms with Crippen LogP contribution in [0.3, 0.4) is 0 Å². The number of hydrogen-bond acceptors (Lipinski definition) is 5. The van der Waals surface area contributed by atoms with Crippen LogP contribution in [-0.2, 0) is 0 Å². The molecule has 6 heteroatoms. The van der Waals surface area contributed by atoms with Gasteiger partial charge < -0.3 is 15.2 Å². The van der Waals surface area contributed by atoms with E-state index in [0.717, 1.165) is 11.4 Å². The Morgan fingerprint density at radius 3 is 2.43 bits per heavy atom. The Bertz CT molecular complexity index is 708. The average molecular weight is 289 g/mol. The molecule has 0 saturated carbocycles. The van der Waals surface area contributed by atoms with Crippen LogP contribution >= 0.6 is 0 Å². The molecule has 0 aliphatic heterocycles. The zero-order valence-electron chi connectivity index (χ0n) is 12.6. The molecule has 0 bridgehead atoms. The largest absolute Gasteiger partial charge is 0.493 e. The maximum Gasteiger partial charge on any atom is 0.205 e. The molecule has 1 heterocycles. The standard InChI is InChI=1S/C15H19N3O3/c1-9-7-12(19)15(10(2)16)17-18(9)11-5-6-13(20-3)14(8-11)21-4/h5-8,10H,16H2,1-4H3. The Hall–Kier alpha value is -2.34. The lowest BCUT2D eigenvalue weighted by Gasteiger charge is -2.14. The summed E-state index contributed by atoms with van der Waals surface area (Å²) in [4.78, 5) is 11.9. The molecule has 1 aromatic heterocycles. The van der Waals surface area contributed by atoms with Crippen LogP contribution in [-0.4, -0.2) is 24.0 Å². The van der Waals surface area contributed by atoms with Crippen molar-refractivity contribution in [2.75, 3.05) is 14.2 Å². The van der Waals surface area contributed by atoms with Gasteiger partial charge in [-0.05, 0) is 26.0 Å². The van der Waals surface area contributed by atoms with Crippen molar-refractivity contribution in [2.24, 2.45) is 5.73 Å². The number of nitrogens with zero attached hydrogens (tertiary/aromatic N) is 2. The number of aromatic nitrogens is 2. The van der Waals surface area contributed by atoms with Crippen LogP contribution in [0.15, 0.2) is 29.1 Å². The second kappa shape index (κ2) is 5.97. The summed E-state index contributed by atoms with van der Waals surface area (Å²) >= 11 is 0. The van der Waals surface area contributed by atoms with Gasteiger partial charge in [-0.2, -0.15) is 5.10 Å². The lowest BCUT2D eigenvalue weighted by Crippen LogP contribution is -2.24. The number of rotatable bonds is 4. The van der Waals surface area contributed by atoms with E-state index >= 15 is 0 Å². The first kappa shape index (κ1) is 15.1. The molecule has 0 spiro atoms. The zero-order chi connectivity index (χ0) is 15.6. The highest BCUT2D eigenvalue weighted by atomic mass is 16.5. The lowest BCUT2D eigenvalue weighted by atomic mass is 10.2. The lowest BCUT2D eigenvalue weighted by molar-refractivity contribution is 0.354. The molecule has 0 aliphatic rings. The van der Waals surface area contributed by atoms with Crippen molar-refractivity contribution in [2.45, 2.75) is 19.9 Å². The number of benzene rings is 1. The first-order valence-electron chi connectivity index (χ1n) is 6.56. The van der Waals surface area contributed by atoms with Crippen molar-refractivity contribution in [3.05, 3.63) is 45.9 Å². The van der Waals surface area contributed by atoms with Crippen LogP contribution in [0.1, 0.15) is 24.4 Å². The fourth-order valence-electron chi connectivity index (χ4n) is 2.09. The fraction of sp³-hybridized carbons (Fsp3) is 0.333. The molecule has 112 valence electrons. The monoisotopic (exact) mass is 289 g/mol. The van der Waals surface area contributed by atoms with Crippen molar-refractivity contribution in [3.8, 4) is 17.2 Å². The SMILES string of the molecule is COc1ccc(-n2nc(C(C)N)c(=O)cc2C)cc1OC. The van der Waals surface area contributed by atoms with E-state index in [0.29, 0.717) is 17.2 Å². The quantitative estimate of drug-likeness (QED) is 0.924. The summed E-state index contributed by atoms with van der Waals surface area (Å²) in [6, 6.07) is 6.54. The van der Waals surface area contributed by atoms with Crippen LogP contribution in [0.5, 0.6) is 11.5 Å². The first-order chi connectivity index (χ1) is 9.97. The molecule has 0 saturated heterocycles. The van der Waals surface area contributed by atoms with Crippen molar-refractivity contribution in [1.29, 1.82) is 0 Å². The molecular formula is C15H19N3O3. The summed E-state index contributed by atoms with van der Waals surface area (Å²) in [5, 5.41) is 4.36. The van der Waals surface area contributed by atoms with Crippen LogP contribution in [0.25, 0.3) is 5.69 Å². The molecule has 0 amide bonds. The molecule has 2 rings (SSSR count). The number of aryl methyl sites for hydroxylation is 1. The van der Waals surface area contributed by atoms with Crippen LogP contribution in [0.4, 0.5) is 0 Å². The van der Waals surface area contributed by atoms with Gasteiger partial charge in [0.25, 0.3) is 0 Å². The molecule has 1 unspecified atom stereocenters. The third-order valence-electron chi connectivity index (χ3n) is 3.18. The average Bonchev–Trinajstić information content (AvgIpc) is 2.46. The molecule has 2 aromatic rings. The predicted molar refractivity (Wildman–Crippen MR) is 80.3 cm³/mol. The van der Waals surface area contributed by atoms with E-state index in [4.69, 9.17) is 15.2 Å². The molecule has 1 atom stereocenters. The molecule has 0 radical (unpaired) electrons. The summed E-state index contributed by atoms with van der Waals surface area (Å²) in [6.07, 6.45) is 0. The van der Waals surface area contributed by atoms with Crippen LogP contribution in [0.2, 0.25) is 0 Å². The minimum atomic E-state index is -0.426. The van der Waals surface area contributed by atoms with Gasteiger partial charge in [0, 0.05) is 23.9 Å². The van der Waals surface area contributed by atoms with E-state index in [1.54, 1.807) is 38.0 Å². The Balaban J connectivity index is 2.61. The predicted octanol–water partition coefficient (Wildman–Crippen LogP) is 1.58. The first-order valence-corrected chi connectivity index (χ1v) is 6.56. The van der Waals surface area contributed by atoms with Crippen molar-refractivity contribution in [3.63, 3.8) is 0 Å². The third-order valence-corrected chi connectivity index (χ3v) is 3.18. The maximum absolute atomic E-state index is 11.9. The molecule has 21 heavy (non-hydrogen) atoms. The van der Waals surface area contributed by atoms with Gasteiger partial charge in [0.2, 0.25) is 5.43 Å². The van der Waals surface area contributed by atoms with Crippen molar-refractivity contribution >= 4 is 0 Å². The summed E-state index contributed by atoms with van der Waals surface area (Å²) < 4.78 is 12.2. The van der Waals surface area contributed by atoms with E-state index in [-0.39, 0.29) is 5.43 Å². The minimum Gasteiger partial charge on any atom is -0.493 e. The second-order valence-corrected chi connectivity index (χ2v) is 4.77. The van der Waals surface area contributed by atoms with Gasteiger partial charge in [0.15, 0.2) is 11.5 Å². The van der Waals surface area contributed by atoms with Gasteiger partial charge in [-0.15, -0.1) is 0 Å². The maximum atomic E-state index is 11.9. The molecule has 0 aliphatic carbocycles. The van der Waals surface area contributed by atoms with Gasteiger partial charge in [0.1, 0.15) is 5.69 Å². The minimum absolute atomic E-state index is 0.153. The summed E-state index contributed by atoms with van der Waals surface area (Å²) in [6.45, 7) is 3.55. The van der Waals surface area contributed by atoms with E-state index < -0.39 is 6.04 Å². The molecular weight excluding hydrogens is 270 g/mol. The van der Waals surface area contributed by atoms with Crippen LogP contribution < -0.4 is 20.6 Å². The molecule has 1 aromatic carbocycles. The van der Waals surface area contributed by atoms with E-state index in [9.17, 15) is 4.79 Å². The smallest absolute Gasteiger partial charge is 0.205 e. The van der Waals surface area contributed by atoms with Gasteiger partial charge in [-0.1, -0.05) is 0 Å². The molecule has 6 nitrogen and oxygen atoms in total. The number of nitrogens with two attached hydrogens (primary N) is 1. The highest BCUT2D eigenvalue weighted by Crippen LogP contribution is 2.29. The highest BCUT2D eigenvalue weighted by Gasteiger charge is 2.12. The summed E-state index contributed by atoms with van der Waals surface area (Å²) in [5.74, 6) is 1.23. The van der Waals surface area contributed by atoms with Crippen molar-refractivity contribution in [1.82, 2.24) is 9.78 Å². The van der Waals surface area contributed by atoms with Crippen molar-refractivity contribution < 1.29 is 9.47 Å². The van der Waals surface area contributed by atoms with Gasteiger partial charge >= 0.3 is 0 Å². The Kier molecular flexibility index (Phi) is 4.28. The topological polar surface area (TPSA) is 79.4 Å². The highest BCUT2D eigenvalue weighted by molar-refractivity contribution is 5.49. The molecule has 2 N–H and O–H groups in total. The summed E-state index contributed by atoms with van der Waals surface area (Å²) in [5.41, 5.74) is 7.46. The van der Waals surface area contributed by atoms with Gasteiger partial charge in [-0.25, -0.2) is 4.68 Å². The molecule has 0 fully saturated rings. The van der Waals surface area contributed by atoms with E-state index in [1.807, 2.05) is 13.0 Å². The third kappa shape index (κ3) is 2.90. The Morgan fingerprint density at radius 2 is 1.86 bits per heavy atom. The Morgan fingerprint density at radius 1 is 1.19 bits per heavy atom. The Labute approximate surface area is 123 Å². The number of ether oxygens (including phenoxy) is 2. The van der Waals surface area contributed by atoms with Gasteiger partial charge in [-0.3, -0.25) is 4.79 Å². The fourth-order valence-corrected chi connectivity index (χ4v) is 2.09. The van der Waals surface area contributed by atoms with E-state index in [1.165, 1.54) is 6.07 Å². The van der Waals surface area contributed by atoms with Gasteiger partial charge in [0.05, 0.1) is 19.9 Å². The summed E-state index contributed by atoms with van der Waals surface area (Å²) in [7, 11) is 3.15. The zero-order valence-corrected chi connectivity index (χ0v) is 12.6. The number of methoxy groups -OCH3 is 2.